The molecular formula is C16H12ClN3O. The van der Waals surface area contributed by atoms with Gasteiger partial charge in [-0.2, -0.15) is 0 Å². The van der Waals surface area contributed by atoms with Crippen LogP contribution in [0.5, 0.6) is 0 Å². The maximum Gasteiger partial charge on any atom is 0.256 e. The molecule has 0 radical (unpaired) electrons. The van der Waals surface area contributed by atoms with E-state index in [1.54, 1.807) is 42.6 Å². The van der Waals surface area contributed by atoms with E-state index in [0.29, 0.717) is 22.0 Å². The van der Waals surface area contributed by atoms with Crippen molar-refractivity contribution in [2.75, 3.05) is 11.1 Å². The van der Waals surface area contributed by atoms with Crippen molar-refractivity contribution in [3.8, 4) is 0 Å². The molecule has 4 nitrogen and oxygen atoms in total. The van der Waals surface area contributed by atoms with Gasteiger partial charge in [0.25, 0.3) is 5.91 Å². The first-order valence-corrected chi connectivity index (χ1v) is 6.73. The molecule has 1 amide bonds. The minimum absolute atomic E-state index is 0.234. The zero-order valence-corrected chi connectivity index (χ0v) is 11.8. The number of anilines is 2. The Hall–Kier alpha value is -2.59. The molecule has 0 bridgehead atoms. The highest BCUT2D eigenvalue weighted by Gasteiger charge is 2.11. The van der Waals surface area contributed by atoms with Crippen LogP contribution in [0.25, 0.3) is 10.9 Å². The molecule has 3 rings (SSSR count). The maximum absolute atomic E-state index is 12.4. The van der Waals surface area contributed by atoms with Gasteiger partial charge in [0, 0.05) is 22.2 Å². The van der Waals surface area contributed by atoms with Gasteiger partial charge in [-0.15, -0.1) is 0 Å². The zero-order valence-electron chi connectivity index (χ0n) is 11.0. The van der Waals surface area contributed by atoms with E-state index in [1.807, 2.05) is 12.1 Å². The van der Waals surface area contributed by atoms with Crippen LogP contribution in [0.15, 0.2) is 54.7 Å². The number of fused-ring (bicyclic) bond motifs is 1. The fraction of sp³-hybridized carbons (Fsp3) is 0. The minimum Gasteiger partial charge on any atom is -0.397 e. The SMILES string of the molecule is Nc1cc(Cl)ccc1NC(=O)c1cccc2ncccc12. The summed E-state index contributed by atoms with van der Waals surface area (Å²) in [6.07, 6.45) is 1.70. The molecule has 0 aliphatic carbocycles. The van der Waals surface area contributed by atoms with Gasteiger partial charge in [-0.05, 0) is 36.4 Å². The number of carbonyl (C=O) groups excluding carboxylic acids is 1. The number of carbonyl (C=O) groups is 1. The molecule has 1 aromatic heterocycles. The Bertz CT molecular complexity index is 827. The molecule has 104 valence electrons. The summed E-state index contributed by atoms with van der Waals surface area (Å²) >= 11 is 5.85. The molecule has 1 heterocycles. The van der Waals surface area contributed by atoms with E-state index >= 15 is 0 Å². The van der Waals surface area contributed by atoms with Crippen LogP contribution >= 0.6 is 11.6 Å². The Balaban J connectivity index is 1.97. The molecule has 0 unspecified atom stereocenters. The van der Waals surface area contributed by atoms with E-state index in [0.717, 1.165) is 10.9 Å². The van der Waals surface area contributed by atoms with Crippen molar-refractivity contribution in [2.24, 2.45) is 0 Å². The molecule has 5 heteroatoms. The van der Waals surface area contributed by atoms with Gasteiger partial charge in [0.1, 0.15) is 0 Å². The number of nitrogens with zero attached hydrogens (tertiary/aromatic N) is 1. The van der Waals surface area contributed by atoms with Gasteiger partial charge in [0.05, 0.1) is 16.9 Å². The van der Waals surface area contributed by atoms with Crippen molar-refractivity contribution >= 4 is 39.8 Å². The van der Waals surface area contributed by atoms with Crippen molar-refractivity contribution in [1.29, 1.82) is 0 Å². The number of aromatic nitrogens is 1. The smallest absolute Gasteiger partial charge is 0.256 e. The van der Waals surface area contributed by atoms with Crippen molar-refractivity contribution < 1.29 is 4.79 Å². The van der Waals surface area contributed by atoms with Gasteiger partial charge in [0.15, 0.2) is 0 Å². The average Bonchev–Trinajstić information content (AvgIpc) is 2.49. The first kappa shape index (κ1) is 13.4. The average molecular weight is 298 g/mol. The number of benzene rings is 2. The van der Waals surface area contributed by atoms with Gasteiger partial charge >= 0.3 is 0 Å². The summed E-state index contributed by atoms with van der Waals surface area (Å²) in [6, 6.07) is 14.0. The Morgan fingerprint density at radius 3 is 2.81 bits per heavy atom. The van der Waals surface area contributed by atoms with Gasteiger partial charge in [-0.3, -0.25) is 9.78 Å². The number of rotatable bonds is 2. The molecule has 21 heavy (non-hydrogen) atoms. The summed E-state index contributed by atoms with van der Waals surface area (Å²) in [6.45, 7) is 0. The van der Waals surface area contributed by atoms with Gasteiger partial charge < -0.3 is 11.1 Å². The Morgan fingerprint density at radius 2 is 2.00 bits per heavy atom. The number of hydrogen-bond donors (Lipinski definition) is 2. The van der Waals surface area contributed by atoms with E-state index in [4.69, 9.17) is 17.3 Å². The van der Waals surface area contributed by atoms with Gasteiger partial charge in [0.2, 0.25) is 0 Å². The Kier molecular flexibility index (Phi) is 3.46. The summed E-state index contributed by atoms with van der Waals surface area (Å²) in [4.78, 5) is 16.7. The van der Waals surface area contributed by atoms with Crippen LogP contribution in [-0.2, 0) is 0 Å². The van der Waals surface area contributed by atoms with Crippen LogP contribution in [0.2, 0.25) is 5.02 Å². The number of pyridine rings is 1. The third-order valence-corrected chi connectivity index (χ3v) is 3.39. The second-order valence-electron chi connectivity index (χ2n) is 4.56. The summed E-state index contributed by atoms with van der Waals surface area (Å²) in [5.41, 5.74) is 8.13. The summed E-state index contributed by atoms with van der Waals surface area (Å²) < 4.78 is 0. The predicted molar refractivity (Wildman–Crippen MR) is 85.6 cm³/mol. The number of amides is 1. The zero-order chi connectivity index (χ0) is 14.8. The van der Waals surface area contributed by atoms with Crippen molar-refractivity contribution in [3.05, 3.63) is 65.3 Å². The number of nitrogen functional groups attached to an aromatic ring is 1. The molecule has 0 saturated carbocycles. The third-order valence-electron chi connectivity index (χ3n) is 3.15. The lowest BCUT2D eigenvalue weighted by Gasteiger charge is -2.10. The topological polar surface area (TPSA) is 68.0 Å². The molecule has 0 fully saturated rings. The first-order valence-electron chi connectivity index (χ1n) is 6.35. The summed E-state index contributed by atoms with van der Waals surface area (Å²) in [7, 11) is 0. The number of hydrogen-bond acceptors (Lipinski definition) is 3. The van der Waals surface area contributed by atoms with Crippen LogP contribution < -0.4 is 11.1 Å². The van der Waals surface area contributed by atoms with E-state index in [-0.39, 0.29) is 5.91 Å². The highest BCUT2D eigenvalue weighted by atomic mass is 35.5. The first-order chi connectivity index (χ1) is 10.1. The monoisotopic (exact) mass is 297 g/mol. The fourth-order valence-electron chi connectivity index (χ4n) is 2.14. The molecule has 0 atom stereocenters. The molecule has 3 aromatic rings. The fourth-order valence-corrected chi connectivity index (χ4v) is 2.32. The number of nitrogens with two attached hydrogens (primary N) is 1. The highest BCUT2D eigenvalue weighted by molar-refractivity contribution is 6.31. The van der Waals surface area contributed by atoms with E-state index in [2.05, 4.69) is 10.3 Å². The molecule has 0 spiro atoms. The molecule has 0 saturated heterocycles. The van der Waals surface area contributed by atoms with E-state index < -0.39 is 0 Å². The van der Waals surface area contributed by atoms with Crippen LogP contribution in [0.3, 0.4) is 0 Å². The third kappa shape index (κ3) is 2.66. The van der Waals surface area contributed by atoms with E-state index in [1.165, 1.54) is 0 Å². The number of halogens is 1. The standard InChI is InChI=1S/C16H12ClN3O/c17-10-6-7-15(13(18)9-10)20-16(21)12-3-1-5-14-11(12)4-2-8-19-14/h1-9H,18H2,(H,20,21). The van der Waals surface area contributed by atoms with Gasteiger partial charge in [-0.1, -0.05) is 23.7 Å². The van der Waals surface area contributed by atoms with Crippen molar-refractivity contribution in [1.82, 2.24) is 4.98 Å². The Morgan fingerprint density at radius 1 is 1.14 bits per heavy atom. The van der Waals surface area contributed by atoms with Crippen LogP contribution in [-0.4, -0.2) is 10.9 Å². The van der Waals surface area contributed by atoms with Gasteiger partial charge in [-0.25, -0.2) is 0 Å². The molecule has 2 aromatic carbocycles. The maximum atomic E-state index is 12.4. The number of nitrogens with one attached hydrogen (secondary N) is 1. The molecule has 3 N–H and O–H groups in total. The lowest BCUT2D eigenvalue weighted by Crippen LogP contribution is -2.13. The minimum atomic E-state index is -0.234. The molecule has 0 aliphatic heterocycles. The van der Waals surface area contributed by atoms with E-state index in [9.17, 15) is 4.79 Å². The highest BCUT2D eigenvalue weighted by Crippen LogP contribution is 2.24. The quantitative estimate of drug-likeness (QED) is 0.708. The second kappa shape index (κ2) is 5.42. The van der Waals surface area contributed by atoms with Crippen LogP contribution in [0.1, 0.15) is 10.4 Å². The normalized spacial score (nSPS) is 10.5. The second-order valence-corrected chi connectivity index (χ2v) is 5.00. The lowest BCUT2D eigenvalue weighted by molar-refractivity contribution is 0.102. The molecular weight excluding hydrogens is 286 g/mol. The van der Waals surface area contributed by atoms with Crippen LogP contribution in [0.4, 0.5) is 11.4 Å². The lowest BCUT2D eigenvalue weighted by atomic mass is 10.1. The Labute approximate surface area is 126 Å². The van der Waals surface area contributed by atoms with Crippen molar-refractivity contribution in [3.63, 3.8) is 0 Å². The van der Waals surface area contributed by atoms with Crippen molar-refractivity contribution in [2.45, 2.75) is 0 Å². The molecule has 0 aliphatic rings. The summed E-state index contributed by atoms with van der Waals surface area (Å²) in [5, 5.41) is 4.12. The summed E-state index contributed by atoms with van der Waals surface area (Å²) in [5.74, 6) is -0.234. The van der Waals surface area contributed by atoms with Crippen LogP contribution in [0, 0.1) is 0 Å². The predicted octanol–water partition coefficient (Wildman–Crippen LogP) is 3.72. The largest absolute Gasteiger partial charge is 0.397 e.